The molecule has 110 valence electrons. The summed E-state index contributed by atoms with van der Waals surface area (Å²) in [6, 6.07) is 0. The lowest BCUT2D eigenvalue weighted by molar-refractivity contribution is -0.267. The molecule has 0 aromatic heterocycles. The van der Waals surface area contributed by atoms with E-state index in [4.69, 9.17) is 4.74 Å². The fraction of sp³-hybridized carbons (Fsp3) is 0.846. The second-order valence-electron chi connectivity index (χ2n) is 5.73. The Morgan fingerprint density at radius 2 is 1.89 bits per heavy atom. The molecule has 0 bridgehead atoms. The summed E-state index contributed by atoms with van der Waals surface area (Å²) in [5.41, 5.74) is 0. The van der Waals surface area contributed by atoms with Crippen LogP contribution in [0.5, 0.6) is 0 Å². The van der Waals surface area contributed by atoms with Crippen LogP contribution in [0.3, 0.4) is 0 Å². The first-order valence-corrected chi connectivity index (χ1v) is 6.51. The Morgan fingerprint density at radius 1 is 1.26 bits per heavy atom. The van der Waals surface area contributed by atoms with Crippen LogP contribution in [-0.2, 0) is 4.74 Å². The van der Waals surface area contributed by atoms with E-state index >= 15 is 0 Å². The van der Waals surface area contributed by atoms with Crippen LogP contribution < -0.4 is 0 Å². The van der Waals surface area contributed by atoms with Gasteiger partial charge in [0.2, 0.25) is 6.10 Å². The highest BCUT2D eigenvalue weighted by atomic mass is 19.4. The van der Waals surface area contributed by atoms with Crippen LogP contribution in [0.1, 0.15) is 26.7 Å². The molecule has 5 atom stereocenters. The maximum atomic E-state index is 12.9. The number of fused-ring (bicyclic) bond motifs is 1. The molecule has 1 saturated heterocycles. The molecule has 2 N–H and O–H groups in total. The van der Waals surface area contributed by atoms with E-state index in [1.807, 2.05) is 13.8 Å². The molecule has 0 saturated carbocycles. The first-order valence-electron chi connectivity index (χ1n) is 6.51. The molecular weight excluding hydrogens is 261 g/mol. The van der Waals surface area contributed by atoms with E-state index < -0.39 is 24.5 Å². The molecule has 1 fully saturated rings. The third-order valence-electron chi connectivity index (χ3n) is 4.30. The number of rotatable bonds is 1. The van der Waals surface area contributed by atoms with Gasteiger partial charge in [-0.1, -0.05) is 13.8 Å². The summed E-state index contributed by atoms with van der Waals surface area (Å²) in [7, 11) is 0. The van der Waals surface area contributed by atoms with Gasteiger partial charge in [0.15, 0.2) is 6.29 Å². The van der Waals surface area contributed by atoms with Gasteiger partial charge < -0.3 is 14.9 Å². The topological polar surface area (TPSA) is 49.7 Å². The van der Waals surface area contributed by atoms with Crippen LogP contribution >= 0.6 is 0 Å². The maximum absolute atomic E-state index is 12.9. The zero-order valence-electron chi connectivity index (χ0n) is 10.9. The highest BCUT2D eigenvalue weighted by molar-refractivity contribution is 5.11. The normalized spacial score (nSPS) is 39.6. The van der Waals surface area contributed by atoms with E-state index in [1.54, 1.807) is 6.08 Å². The summed E-state index contributed by atoms with van der Waals surface area (Å²) >= 11 is 0. The summed E-state index contributed by atoms with van der Waals surface area (Å²) in [5, 5.41) is 18.4. The second-order valence-corrected chi connectivity index (χ2v) is 5.73. The summed E-state index contributed by atoms with van der Waals surface area (Å²) in [6.07, 6.45) is -6.16. The lowest BCUT2D eigenvalue weighted by Crippen LogP contribution is -2.49. The van der Waals surface area contributed by atoms with Crippen LogP contribution in [0.2, 0.25) is 0 Å². The number of ether oxygens (including phenoxy) is 1. The molecule has 2 rings (SSSR count). The van der Waals surface area contributed by atoms with E-state index in [2.05, 4.69) is 0 Å². The smallest absolute Gasteiger partial charge is 0.425 e. The van der Waals surface area contributed by atoms with Gasteiger partial charge in [-0.05, 0) is 30.8 Å². The minimum Gasteiger partial charge on any atom is -0.485 e. The van der Waals surface area contributed by atoms with Crippen molar-refractivity contribution in [1.82, 2.24) is 0 Å². The lowest BCUT2D eigenvalue weighted by Gasteiger charge is -2.43. The average Bonchev–Trinajstić information content (AvgIpc) is 2.27. The minimum atomic E-state index is -4.59. The van der Waals surface area contributed by atoms with E-state index in [0.717, 1.165) is 6.42 Å². The quantitative estimate of drug-likeness (QED) is 0.725. The number of halogens is 3. The van der Waals surface area contributed by atoms with Crippen molar-refractivity contribution in [2.45, 2.75) is 45.3 Å². The van der Waals surface area contributed by atoms with Crippen molar-refractivity contribution in [3.05, 3.63) is 11.8 Å². The molecular formula is C13H19F3O3. The molecule has 1 aliphatic carbocycles. The summed E-state index contributed by atoms with van der Waals surface area (Å²) in [6.45, 7) is 3.99. The molecule has 19 heavy (non-hydrogen) atoms. The molecule has 2 aliphatic rings. The summed E-state index contributed by atoms with van der Waals surface area (Å²) in [5.74, 6) is -0.559. The van der Waals surface area contributed by atoms with Gasteiger partial charge in [0, 0.05) is 5.92 Å². The fourth-order valence-electron chi connectivity index (χ4n) is 2.96. The van der Waals surface area contributed by atoms with Crippen LogP contribution in [0.25, 0.3) is 0 Å². The van der Waals surface area contributed by atoms with Gasteiger partial charge in [-0.3, -0.25) is 0 Å². The van der Waals surface area contributed by atoms with Crippen LogP contribution in [0.15, 0.2) is 11.8 Å². The number of aliphatic hydroxyl groups is 2. The van der Waals surface area contributed by atoms with Crippen molar-refractivity contribution < 1.29 is 28.1 Å². The molecule has 5 unspecified atom stereocenters. The maximum Gasteiger partial charge on any atom is 0.425 e. The first-order chi connectivity index (χ1) is 8.70. The Hall–Kier alpha value is -0.750. The number of aliphatic hydroxyl groups excluding tert-OH is 1. The Balaban J connectivity index is 2.25. The van der Waals surface area contributed by atoms with Crippen molar-refractivity contribution in [1.29, 1.82) is 0 Å². The summed E-state index contributed by atoms with van der Waals surface area (Å²) in [4.78, 5) is 0. The third-order valence-corrected chi connectivity index (χ3v) is 4.30. The highest BCUT2D eigenvalue weighted by Gasteiger charge is 2.53. The van der Waals surface area contributed by atoms with E-state index in [0.29, 0.717) is 11.7 Å². The van der Waals surface area contributed by atoms with E-state index in [9.17, 15) is 23.4 Å². The minimum absolute atomic E-state index is 0.102. The van der Waals surface area contributed by atoms with Gasteiger partial charge in [0.25, 0.3) is 0 Å². The molecule has 0 aromatic carbocycles. The second kappa shape index (κ2) is 4.98. The van der Waals surface area contributed by atoms with Crippen LogP contribution in [0, 0.1) is 23.7 Å². The number of hydrogen-bond acceptors (Lipinski definition) is 3. The predicted molar refractivity (Wildman–Crippen MR) is 61.8 cm³/mol. The van der Waals surface area contributed by atoms with E-state index in [1.165, 1.54) is 0 Å². The molecule has 0 aromatic rings. The van der Waals surface area contributed by atoms with Crippen molar-refractivity contribution in [2.75, 3.05) is 0 Å². The Morgan fingerprint density at radius 3 is 2.42 bits per heavy atom. The monoisotopic (exact) mass is 280 g/mol. The Bertz CT molecular complexity index is 365. The van der Waals surface area contributed by atoms with Gasteiger partial charge in [-0.2, -0.15) is 13.2 Å². The lowest BCUT2D eigenvalue weighted by atomic mass is 9.74. The third kappa shape index (κ3) is 2.89. The first kappa shape index (κ1) is 14.7. The summed E-state index contributed by atoms with van der Waals surface area (Å²) < 4.78 is 43.8. The average molecular weight is 280 g/mol. The largest absolute Gasteiger partial charge is 0.485 e. The molecule has 0 spiro atoms. The number of allylic oxidation sites excluding steroid dienone is 2. The van der Waals surface area contributed by atoms with Gasteiger partial charge in [-0.25, -0.2) is 0 Å². The Labute approximate surface area is 110 Å². The zero-order chi connectivity index (χ0) is 14.4. The van der Waals surface area contributed by atoms with Gasteiger partial charge in [-0.15, -0.1) is 0 Å². The molecule has 6 heteroatoms. The predicted octanol–water partition coefficient (Wildman–Crippen LogP) is 2.44. The highest BCUT2D eigenvalue weighted by Crippen LogP contribution is 2.46. The van der Waals surface area contributed by atoms with Gasteiger partial charge in [0.05, 0.1) is 11.7 Å². The SMILES string of the molecule is CC1C=C2OC(C(F)(F)F)C(C(O)O)CC2CC1C. The number of hydrogen-bond donors (Lipinski definition) is 2. The standard InChI is InChI=1S/C13H19F3O3/c1-6-3-8-5-9(12(17)18)11(13(14,15)16)19-10(8)4-7(6)2/h4,6-9,11-12,17-18H,3,5H2,1-2H3. The number of alkyl halides is 3. The van der Waals surface area contributed by atoms with Gasteiger partial charge in [0.1, 0.15) is 0 Å². The zero-order valence-corrected chi connectivity index (χ0v) is 10.9. The fourth-order valence-corrected chi connectivity index (χ4v) is 2.96. The van der Waals surface area contributed by atoms with Crippen molar-refractivity contribution in [2.24, 2.45) is 23.7 Å². The van der Waals surface area contributed by atoms with Crippen molar-refractivity contribution >= 4 is 0 Å². The molecule has 1 heterocycles. The molecule has 1 aliphatic heterocycles. The molecule has 3 nitrogen and oxygen atoms in total. The van der Waals surface area contributed by atoms with Gasteiger partial charge >= 0.3 is 6.18 Å². The van der Waals surface area contributed by atoms with Crippen LogP contribution in [0.4, 0.5) is 13.2 Å². The van der Waals surface area contributed by atoms with Crippen LogP contribution in [-0.4, -0.2) is 28.8 Å². The Kier molecular flexibility index (Phi) is 3.84. The van der Waals surface area contributed by atoms with Crippen molar-refractivity contribution in [3.63, 3.8) is 0 Å². The van der Waals surface area contributed by atoms with Crippen molar-refractivity contribution in [3.8, 4) is 0 Å². The molecule has 0 radical (unpaired) electrons. The molecule has 0 amide bonds. The van der Waals surface area contributed by atoms with E-state index in [-0.39, 0.29) is 18.3 Å².